The fourth-order valence-electron chi connectivity index (χ4n) is 2.84. The number of hydrogen-bond donors (Lipinski definition) is 0. The fraction of sp³-hybridized carbons (Fsp3) is 0.190. The summed E-state index contributed by atoms with van der Waals surface area (Å²) in [5.41, 5.74) is -1.60. The molecule has 0 saturated carbocycles. The Morgan fingerprint density at radius 2 is 1.61 bits per heavy atom. The van der Waals surface area contributed by atoms with Crippen LogP contribution in [0.25, 0.3) is 10.8 Å². The number of carbonyl (C=O) groups is 1. The summed E-state index contributed by atoms with van der Waals surface area (Å²) in [6.07, 6.45) is -5.87. The van der Waals surface area contributed by atoms with Crippen LogP contribution in [-0.4, -0.2) is 19.2 Å². The molecule has 0 radical (unpaired) electrons. The van der Waals surface area contributed by atoms with Crippen molar-refractivity contribution in [3.8, 4) is 17.2 Å². The third kappa shape index (κ3) is 4.65. The van der Waals surface area contributed by atoms with Gasteiger partial charge in [0.05, 0.1) is 17.7 Å². The number of fused-ring (bicyclic) bond motifs is 1. The lowest BCUT2D eigenvalue weighted by atomic mass is 10.1. The molecule has 0 saturated heterocycles. The molecule has 3 aromatic rings. The molecule has 10 heteroatoms. The number of rotatable bonds is 5. The zero-order valence-electron chi connectivity index (χ0n) is 16.0. The number of alkyl halides is 3. The molecule has 1 atom stereocenters. The van der Waals surface area contributed by atoms with Gasteiger partial charge >= 0.3 is 12.1 Å². The second-order valence-corrected chi connectivity index (χ2v) is 7.14. The normalized spacial score (nSPS) is 12.5. The highest BCUT2D eigenvalue weighted by atomic mass is 35.5. The predicted molar refractivity (Wildman–Crippen MR) is 108 cm³/mol. The Labute approximate surface area is 184 Å². The number of hydrogen-bond acceptors (Lipinski definition) is 4. The third-order valence-electron chi connectivity index (χ3n) is 4.31. The van der Waals surface area contributed by atoms with Gasteiger partial charge in [-0.25, -0.2) is 9.18 Å². The zero-order valence-corrected chi connectivity index (χ0v) is 17.5. The lowest BCUT2D eigenvalue weighted by Crippen LogP contribution is -2.24. The van der Waals surface area contributed by atoms with Gasteiger partial charge in [-0.15, -0.1) is 0 Å². The number of methoxy groups -OCH3 is 1. The van der Waals surface area contributed by atoms with Crippen LogP contribution in [0.3, 0.4) is 0 Å². The van der Waals surface area contributed by atoms with E-state index in [4.69, 9.17) is 32.7 Å². The topological polar surface area (TPSA) is 44.8 Å². The van der Waals surface area contributed by atoms with Crippen LogP contribution in [-0.2, 0) is 15.7 Å². The van der Waals surface area contributed by atoms with Crippen LogP contribution in [0.2, 0.25) is 10.0 Å². The average Bonchev–Trinajstić information content (AvgIpc) is 2.72. The Kier molecular flexibility index (Phi) is 6.52. The number of benzene rings is 3. The molecule has 164 valence electrons. The average molecular weight is 477 g/mol. The predicted octanol–water partition coefficient (Wildman–Crippen LogP) is 7.04. The summed E-state index contributed by atoms with van der Waals surface area (Å²) in [5.74, 6) is -2.27. The van der Waals surface area contributed by atoms with Crippen molar-refractivity contribution in [1.82, 2.24) is 0 Å². The molecule has 31 heavy (non-hydrogen) atoms. The molecule has 0 bridgehead atoms. The van der Waals surface area contributed by atoms with E-state index in [0.29, 0.717) is 22.6 Å². The molecule has 0 aliphatic carbocycles. The van der Waals surface area contributed by atoms with Gasteiger partial charge in [0.1, 0.15) is 16.5 Å². The van der Waals surface area contributed by atoms with Crippen molar-refractivity contribution in [1.29, 1.82) is 0 Å². The van der Waals surface area contributed by atoms with Crippen LogP contribution in [0, 0.1) is 5.82 Å². The van der Waals surface area contributed by atoms with E-state index in [-0.39, 0.29) is 5.75 Å². The molecule has 0 aromatic heterocycles. The highest BCUT2D eigenvalue weighted by molar-refractivity contribution is 6.37. The molecule has 0 aliphatic heterocycles. The minimum Gasteiger partial charge on any atom is -0.478 e. The van der Waals surface area contributed by atoms with E-state index in [0.717, 1.165) is 0 Å². The third-order valence-corrected chi connectivity index (χ3v) is 4.93. The summed E-state index contributed by atoms with van der Waals surface area (Å²) < 4.78 is 69.0. The zero-order chi connectivity index (χ0) is 22.9. The van der Waals surface area contributed by atoms with E-state index >= 15 is 0 Å². The molecular weight excluding hydrogens is 463 g/mol. The Balaban J connectivity index is 2.05. The van der Waals surface area contributed by atoms with E-state index < -0.39 is 45.4 Å². The van der Waals surface area contributed by atoms with Gasteiger partial charge in [-0.2, -0.15) is 13.2 Å². The summed E-state index contributed by atoms with van der Waals surface area (Å²) in [6.45, 7) is 1.51. The SMILES string of the molecule is COC(=O)C(C)Oc1cccc2c(Oc3c(Cl)cc(C(F)(F)F)c(F)c3Cl)cccc12. The number of carbonyl (C=O) groups excluding carboxylic acids is 1. The summed E-state index contributed by atoms with van der Waals surface area (Å²) in [6, 6.07) is 10.0. The van der Waals surface area contributed by atoms with Gasteiger partial charge in [-0.05, 0) is 25.1 Å². The molecule has 0 aliphatic rings. The molecular formula is C21H14Cl2F4O4. The summed E-state index contributed by atoms with van der Waals surface area (Å²) in [4.78, 5) is 11.6. The molecule has 0 amide bonds. The molecule has 0 N–H and O–H groups in total. The quantitative estimate of drug-likeness (QED) is 0.225. The van der Waals surface area contributed by atoms with Gasteiger partial charge in [-0.3, -0.25) is 0 Å². The Hall–Kier alpha value is -2.71. The Morgan fingerprint density at radius 1 is 1.03 bits per heavy atom. The van der Waals surface area contributed by atoms with Crippen molar-refractivity contribution in [2.24, 2.45) is 0 Å². The first kappa shape index (κ1) is 23.0. The number of halogens is 6. The smallest absolute Gasteiger partial charge is 0.419 e. The van der Waals surface area contributed by atoms with E-state index in [1.54, 1.807) is 30.3 Å². The highest BCUT2D eigenvalue weighted by Crippen LogP contribution is 2.45. The van der Waals surface area contributed by atoms with Gasteiger partial charge in [0.15, 0.2) is 17.7 Å². The minimum absolute atomic E-state index is 0.136. The first-order valence-corrected chi connectivity index (χ1v) is 9.49. The van der Waals surface area contributed by atoms with Crippen molar-refractivity contribution in [3.63, 3.8) is 0 Å². The van der Waals surface area contributed by atoms with Gasteiger partial charge < -0.3 is 14.2 Å². The first-order chi connectivity index (χ1) is 14.5. The maximum Gasteiger partial charge on any atom is 0.419 e. The van der Waals surface area contributed by atoms with Crippen molar-refractivity contribution in [3.05, 3.63) is 63.9 Å². The molecule has 4 nitrogen and oxygen atoms in total. The van der Waals surface area contributed by atoms with Crippen molar-refractivity contribution in [2.45, 2.75) is 19.2 Å². The van der Waals surface area contributed by atoms with Crippen LogP contribution in [0.5, 0.6) is 17.2 Å². The highest BCUT2D eigenvalue weighted by Gasteiger charge is 2.37. The fourth-order valence-corrected chi connectivity index (χ4v) is 3.37. The largest absolute Gasteiger partial charge is 0.478 e. The van der Waals surface area contributed by atoms with E-state index in [2.05, 4.69) is 4.74 Å². The second-order valence-electron chi connectivity index (χ2n) is 6.35. The molecule has 3 rings (SSSR count). The lowest BCUT2D eigenvalue weighted by Gasteiger charge is -2.17. The Bertz CT molecular complexity index is 1150. The van der Waals surface area contributed by atoms with Gasteiger partial charge in [0.2, 0.25) is 0 Å². The molecule has 0 spiro atoms. The van der Waals surface area contributed by atoms with Crippen LogP contribution < -0.4 is 9.47 Å². The molecule has 1 unspecified atom stereocenters. The summed E-state index contributed by atoms with van der Waals surface area (Å²) >= 11 is 11.7. The summed E-state index contributed by atoms with van der Waals surface area (Å²) in [7, 11) is 1.23. The van der Waals surface area contributed by atoms with Gasteiger partial charge in [0, 0.05) is 10.8 Å². The standard InChI is InChI=1S/C21H14Cl2F4O4/c1-10(20(28)29-2)30-15-7-3-6-12-11(15)5-4-8-16(12)31-19-14(22)9-13(21(25,26)27)18(24)17(19)23/h3-10H,1-2H3. The first-order valence-electron chi connectivity index (χ1n) is 8.73. The minimum atomic E-state index is -4.97. The van der Waals surface area contributed by atoms with E-state index in [9.17, 15) is 22.4 Å². The number of esters is 1. The van der Waals surface area contributed by atoms with E-state index in [1.807, 2.05) is 0 Å². The maximum absolute atomic E-state index is 14.2. The van der Waals surface area contributed by atoms with Gasteiger partial charge in [-0.1, -0.05) is 47.5 Å². The maximum atomic E-state index is 14.2. The lowest BCUT2D eigenvalue weighted by molar-refractivity contribution is -0.147. The van der Waals surface area contributed by atoms with Crippen LogP contribution in [0.4, 0.5) is 17.6 Å². The van der Waals surface area contributed by atoms with E-state index in [1.165, 1.54) is 20.1 Å². The monoisotopic (exact) mass is 476 g/mol. The van der Waals surface area contributed by atoms with Crippen LogP contribution in [0.15, 0.2) is 42.5 Å². The van der Waals surface area contributed by atoms with Crippen molar-refractivity contribution < 1.29 is 36.6 Å². The molecule has 3 aromatic carbocycles. The number of ether oxygens (including phenoxy) is 3. The summed E-state index contributed by atoms with van der Waals surface area (Å²) in [5, 5.41) is -0.425. The molecule has 0 heterocycles. The van der Waals surface area contributed by atoms with Crippen LogP contribution >= 0.6 is 23.2 Å². The van der Waals surface area contributed by atoms with Crippen LogP contribution in [0.1, 0.15) is 12.5 Å². The Morgan fingerprint density at radius 3 is 2.19 bits per heavy atom. The van der Waals surface area contributed by atoms with Crippen molar-refractivity contribution in [2.75, 3.05) is 7.11 Å². The molecule has 0 fully saturated rings. The second kappa shape index (κ2) is 8.80. The van der Waals surface area contributed by atoms with Crippen molar-refractivity contribution >= 4 is 39.9 Å². The van der Waals surface area contributed by atoms with Gasteiger partial charge in [0.25, 0.3) is 0 Å².